The van der Waals surface area contributed by atoms with E-state index < -0.39 is 6.36 Å². The second kappa shape index (κ2) is 4.74. The topological polar surface area (TPSA) is 9.23 Å². The quantitative estimate of drug-likeness (QED) is 0.573. The minimum absolute atomic E-state index is 0.537. The Morgan fingerprint density at radius 3 is 2.22 bits per heavy atom. The Kier molecular flexibility index (Phi) is 4.68. The van der Waals surface area contributed by atoms with Crippen molar-refractivity contribution in [2.45, 2.75) is 33.5 Å². The van der Waals surface area contributed by atoms with Crippen LogP contribution in [0.3, 0.4) is 0 Å². The van der Waals surface area contributed by atoms with Gasteiger partial charge in [0.2, 0.25) is 0 Å². The SMILES string of the molecule is CC(C)CCOC(C)F. The molecule has 0 heterocycles. The van der Waals surface area contributed by atoms with Crippen LogP contribution in [0, 0.1) is 5.92 Å². The standard InChI is InChI=1S/C7H15FO/c1-6(2)4-5-9-7(3)8/h6-7H,4-5H2,1-3H3. The lowest BCUT2D eigenvalue weighted by molar-refractivity contribution is -0.0282. The van der Waals surface area contributed by atoms with Crippen molar-refractivity contribution in [3.63, 3.8) is 0 Å². The van der Waals surface area contributed by atoms with Crippen molar-refractivity contribution >= 4 is 0 Å². The third-order valence-electron chi connectivity index (χ3n) is 1.04. The highest BCUT2D eigenvalue weighted by molar-refractivity contribution is 4.42. The Hall–Kier alpha value is -0.110. The van der Waals surface area contributed by atoms with Gasteiger partial charge in [0.15, 0.2) is 6.36 Å². The predicted octanol–water partition coefficient (Wildman–Crippen LogP) is 2.36. The van der Waals surface area contributed by atoms with Crippen LogP contribution in [0.5, 0.6) is 0 Å². The summed E-state index contributed by atoms with van der Waals surface area (Å²) in [5, 5.41) is 0. The molecule has 0 aromatic heterocycles. The van der Waals surface area contributed by atoms with Gasteiger partial charge < -0.3 is 4.74 Å². The normalized spacial score (nSPS) is 14.3. The summed E-state index contributed by atoms with van der Waals surface area (Å²) in [5.74, 6) is 0.601. The highest BCUT2D eigenvalue weighted by Gasteiger charge is 1.97. The first kappa shape index (κ1) is 8.89. The van der Waals surface area contributed by atoms with Crippen LogP contribution in [0.15, 0.2) is 0 Å². The van der Waals surface area contributed by atoms with Crippen LogP contribution in [0.1, 0.15) is 27.2 Å². The zero-order chi connectivity index (χ0) is 7.28. The van der Waals surface area contributed by atoms with Crippen molar-refractivity contribution < 1.29 is 9.13 Å². The van der Waals surface area contributed by atoms with Gasteiger partial charge in [-0.3, -0.25) is 0 Å². The van der Waals surface area contributed by atoms with Crippen molar-refractivity contribution in [3.8, 4) is 0 Å². The van der Waals surface area contributed by atoms with Crippen LogP contribution in [0.4, 0.5) is 4.39 Å². The second-order valence-corrected chi connectivity index (χ2v) is 2.60. The van der Waals surface area contributed by atoms with E-state index in [-0.39, 0.29) is 0 Å². The molecule has 0 aromatic carbocycles. The summed E-state index contributed by atoms with van der Waals surface area (Å²) < 4.78 is 16.6. The lowest BCUT2D eigenvalue weighted by Crippen LogP contribution is -2.04. The minimum atomic E-state index is -1.11. The Bertz CT molecular complexity index is 53.9. The highest BCUT2D eigenvalue weighted by atomic mass is 19.1. The fourth-order valence-corrected chi connectivity index (χ4v) is 0.466. The molecule has 0 bridgehead atoms. The van der Waals surface area contributed by atoms with Gasteiger partial charge >= 0.3 is 0 Å². The number of hydrogen-bond donors (Lipinski definition) is 0. The predicted molar refractivity (Wildman–Crippen MR) is 36.0 cm³/mol. The number of rotatable bonds is 4. The number of halogens is 1. The molecule has 1 atom stereocenters. The van der Waals surface area contributed by atoms with Gasteiger partial charge in [-0.1, -0.05) is 13.8 Å². The van der Waals surface area contributed by atoms with Gasteiger partial charge in [0.05, 0.1) is 6.61 Å². The summed E-state index contributed by atoms with van der Waals surface area (Å²) >= 11 is 0. The van der Waals surface area contributed by atoms with E-state index in [2.05, 4.69) is 18.6 Å². The molecular formula is C7H15FO. The van der Waals surface area contributed by atoms with Crippen molar-refractivity contribution in [2.75, 3.05) is 6.61 Å². The van der Waals surface area contributed by atoms with Crippen molar-refractivity contribution in [2.24, 2.45) is 5.92 Å². The van der Waals surface area contributed by atoms with Gasteiger partial charge in [-0.25, -0.2) is 4.39 Å². The average Bonchev–Trinajstić information content (AvgIpc) is 1.63. The largest absolute Gasteiger partial charge is 0.348 e. The second-order valence-electron chi connectivity index (χ2n) is 2.60. The zero-order valence-corrected chi connectivity index (χ0v) is 6.36. The molecule has 0 aromatic rings. The van der Waals surface area contributed by atoms with Crippen molar-refractivity contribution in [1.29, 1.82) is 0 Å². The molecule has 0 spiro atoms. The molecule has 0 aliphatic heterocycles. The summed E-state index contributed by atoms with van der Waals surface area (Å²) in [6.45, 7) is 6.12. The van der Waals surface area contributed by atoms with Gasteiger partial charge in [-0.05, 0) is 19.3 Å². The van der Waals surface area contributed by atoms with E-state index in [4.69, 9.17) is 0 Å². The summed E-state index contributed by atoms with van der Waals surface area (Å²) in [4.78, 5) is 0. The minimum Gasteiger partial charge on any atom is -0.348 e. The van der Waals surface area contributed by atoms with Crippen LogP contribution >= 0.6 is 0 Å². The summed E-state index contributed by atoms with van der Waals surface area (Å²) in [6, 6.07) is 0. The molecule has 0 saturated heterocycles. The first-order chi connectivity index (χ1) is 4.13. The molecule has 1 unspecified atom stereocenters. The van der Waals surface area contributed by atoms with E-state index in [0.29, 0.717) is 12.5 Å². The Morgan fingerprint density at radius 1 is 1.33 bits per heavy atom. The van der Waals surface area contributed by atoms with E-state index in [1.165, 1.54) is 6.92 Å². The van der Waals surface area contributed by atoms with Crippen LogP contribution in [-0.4, -0.2) is 13.0 Å². The lowest BCUT2D eigenvalue weighted by Gasteiger charge is -2.05. The maximum atomic E-state index is 11.9. The number of hydrogen-bond acceptors (Lipinski definition) is 1. The van der Waals surface area contributed by atoms with E-state index in [9.17, 15) is 4.39 Å². The fraction of sp³-hybridized carbons (Fsp3) is 1.00. The van der Waals surface area contributed by atoms with Gasteiger partial charge in [0.25, 0.3) is 0 Å². The Morgan fingerprint density at radius 2 is 1.89 bits per heavy atom. The van der Waals surface area contributed by atoms with Crippen LogP contribution in [-0.2, 0) is 4.74 Å². The van der Waals surface area contributed by atoms with Gasteiger partial charge in [0, 0.05) is 0 Å². The van der Waals surface area contributed by atoms with Crippen molar-refractivity contribution in [3.05, 3.63) is 0 Å². The molecule has 0 amide bonds. The van der Waals surface area contributed by atoms with Crippen molar-refractivity contribution in [1.82, 2.24) is 0 Å². The maximum absolute atomic E-state index is 11.9. The first-order valence-electron chi connectivity index (χ1n) is 3.38. The average molecular weight is 134 g/mol. The maximum Gasteiger partial charge on any atom is 0.195 e. The summed E-state index contributed by atoms with van der Waals surface area (Å²) in [7, 11) is 0. The third-order valence-corrected chi connectivity index (χ3v) is 1.04. The molecule has 0 saturated carbocycles. The van der Waals surface area contributed by atoms with E-state index in [1.807, 2.05) is 0 Å². The van der Waals surface area contributed by atoms with Gasteiger partial charge in [-0.15, -0.1) is 0 Å². The molecule has 9 heavy (non-hydrogen) atoms. The molecular weight excluding hydrogens is 119 g/mol. The number of alkyl halides is 1. The Balaban J connectivity index is 2.91. The molecule has 2 heteroatoms. The van der Waals surface area contributed by atoms with Gasteiger partial charge in [0.1, 0.15) is 0 Å². The smallest absolute Gasteiger partial charge is 0.195 e. The van der Waals surface area contributed by atoms with E-state index >= 15 is 0 Å². The molecule has 0 N–H and O–H groups in total. The Labute approximate surface area is 56.2 Å². The van der Waals surface area contributed by atoms with E-state index in [1.54, 1.807) is 0 Å². The van der Waals surface area contributed by atoms with Gasteiger partial charge in [-0.2, -0.15) is 0 Å². The number of ether oxygens (including phenoxy) is 1. The monoisotopic (exact) mass is 134 g/mol. The fourth-order valence-electron chi connectivity index (χ4n) is 0.466. The van der Waals surface area contributed by atoms with E-state index in [0.717, 1.165) is 6.42 Å². The molecule has 1 nitrogen and oxygen atoms in total. The zero-order valence-electron chi connectivity index (χ0n) is 6.36. The highest BCUT2D eigenvalue weighted by Crippen LogP contribution is 2.01. The van der Waals surface area contributed by atoms with Crippen LogP contribution < -0.4 is 0 Å². The molecule has 0 fully saturated rings. The molecule has 0 aliphatic carbocycles. The third kappa shape index (κ3) is 7.89. The molecule has 0 radical (unpaired) electrons. The van der Waals surface area contributed by atoms with Crippen LogP contribution in [0.2, 0.25) is 0 Å². The molecule has 0 rings (SSSR count). The first-order valence-corrected chi connectivity index (χ1v) is 3.38. The lowest BCUT2D eigenvalue weighted by atomic mass is 10.1. The van der Waals surface area contributed by atoms with Crippen LogP contribution in [0.25, 0.3) is 0 Å². The summed E-state index contributed by atoms with van der Waals surface area (Å²) in [5.41, 5.74) is 0. The summed E-state index contributed by atoms with van der Waals surface area (Å²) in [6.07, 6.45) is -0.169. The molecule has 0 aliphatic rings. The molecule has 56 valence electrons.